The lowest BCUT2D eigenvalue weighted by atomic mass is 9.94. The zero-order valence-electron chi connectivity index (χ0n) is 36.9. The normalized spacial score (nSPS) is 12.5. The summed E-state index contributed by atoms with van der Waals surface area (Å²) in [5.74, 6) is 3.11. The molecule has 0 radical (unpaired) electrons. The summed E-state index contributed by atoms with van der Waals surface area (Å²) < 4.78 is 11.7. The fourth-order valence-electron chi connectivity index (χ4n) is 7.64. The molecule has 0 saturated carbocycles. The van der Waals surface area contributed by atoms with Crippen LogP contribution in [0, 0.1) is 24.2 Å². The van der Waals surface area contributed by atoms with Crippen molar-refractivity contribution in [3.8, 4) is 12.3 Å². The number of unbranched alkanes of at least 4 members (excludes halogenated alkanes) is 23. The molecular formula is C49H93NO4. The van der Waals surface area contributed by atoms with Crippen LogP contribution >= 0.6 is 0 Å². The Morgan fingerprint density at radius 1 is 0.426 bits per heavy atom. The van der Waals surface area contributed by atoms with Crippen LogP contribution in [0.25, 0.3) is 0 Å². The zero-order chi connectivity index (χ0) is 39.6. The van der Waals surface area contributed by atoms with Crippen molar-refractivity contribution in [3.63, 3.8) is 0 Å². The first kappa shape index (κ1) is 52.5. The Balaban J connectivity index is 4.36. The van der Waals surface area contributed by atoms with Crippen LogP contribution in [0.5, 0.6) is 0 Å². The van der Waals surface area contributed by atoms with Gasteiger partial charge < -0.3 is 14.4 Å². The molecule has 0 fully saturated rings. The van der Waals surface area contributed by atoms with Crippen molar-refractivity contribution in [2.45, 2.75) is 246 Å². The van der Waals surface area contributed by atoms with Gasteiger partial charge in [-0.25, -0.2) is 0 Å². The lowest BCUT2D eigenvalue weighted by Crippen LogP contribution is -2.27. The SMILES string of the molecule is C#CCCCN(CCCCCCOC(=O)C(CCCCCC)CCCCCCCC)CCCCCCOC(=O)C(CCCCCC)CCCCCCCC. The molecule has 54 heavy (non-hydrogen) atoms. The summed E-state index contributed by atoms with van der Waals surface area (Å²) in [4.78, 5) is 28.5. The smallest absolute Gasteiger partial charge is 0.308 e. The average molecular weight is 760 g/mol. The van der Waals surface area contributed by atoms with E-state index in [2.05, 4.69) is 38.5 Å². The van der Waals surface area contributed by atoms with Crippen LogP contribution in [-0.2, 0) is 19.1 Å². The number of rotatable bonds is 43. The number of terminal acetylenes is 1. The van der Waals surface area contributed by atoms with Gasteiger partial charge in [0.1, 0.15) is 0 Å². The van der Waals surface area contributed by atoms with E-state index in [0.29, 0.717) is 13.2 Å². The third-order valence-electron chi connectivity index (χ3n) is 11.3. The quantitative estimate of drug-likeness (QED) is 0.0352. The second-order valence-electron chi connectivity index (χ2n) is 16.5. The van der Waals surface area contributed by atoms with Gasteiger partial charge in [-0.1, -0.05) is 182 Å². The highest BCUT2D eigenvalue weighted by Gasteiger charge is 2.20. The van der Waals surface area contributed by atoms with Crippen LogP contribution in [0.3, 0.4) is 0 Å². The maximum atomic E-state index is 13.0. The van der Waals surface area contributed by atoms with Gasteiger partial charge in [0, 0.05) is 6.42 Å². The molecule has 0 bridgehead atoms. The van der Waals surface area contributed by atoms with Crippen molar-refractivity contribution in [1.29, 1.82) is 0 Å². The molecule has 5 heteroatoms. The van der Waals surface area contributed by atoms with E-state index < -0.39 is 0 Å². The van der Waals surface area contributed by atoms with Gasteiger partial charge in [-0.05, 0) is 77.4 Å². The van der Waals surface area contributed by atoms with Crippen molar-refractivity contribution >= 4 is 11.9 Å². The Bertz CT molecular complexity index is 780. The van der Waals surface area contributed by atoms with E-state index in [1.54, 1.807) is 0 Å². The average Bonchev–Trinajstić information content (AvgIpc) is 3.17. The highest BCUT2D eigenvalue weighted by molar-refractivity contribution is 5.72. The number of esters is 2. The van der Waals surface area contributed by atoms with Crippen LogP contribution < -0.4 is 0 Å². The molecule has 2 atom stereocenters. The van der Waals surface area contributed by atoms with Crippen LogP contribution in [-0.4, -0.2) is 49.7 Å². The molecule has 0 spiro atoms. The Labute approximate surface area is 338 Å². The fourth-order valence-corrected chi connectivity index (χ4v) is 7.64. The minimum atomic E-state index is 0.0587. The summed E-state index contributed by atoms with van der Waals surface area (Å²) in [6.45, 7) is 13.4. The minimum Gasteiger partial charge on any atom is -0.465 e. The van der Waals surface area contributed by atoms with Gasteiger partial charge in [-0.15, -0.1) is 12.3 Å². The Morgan fingerprint density at radius 3 is 1.09 bits per heavy atom. The zero-order valence-corrected chi connectivity index (χ0v) is 36.9. The predicted octanol–water partition coefficient (Wildman–Crippen LogP) is 14.6. The van der Waals surface area contributed by atoms with Gasteiger partial charge in [0.25, 0.3) is 0 Å². The first-order chi connectivity index (χ1) is 26.5. The molecule has 0 aliphatic rings. The number of ether oxygens (including phenoxy) is 2. The molecule has 0 aliphatic heterocycles. The fraction of sp³-hybridized carbons (Fsp3) is 0.918. The lowest BCUT2D eigenvalue weighted by Gasteiger charge is -2.22. The van der Waals surface area contributed by atoms with Crippen molar-refractivity contribution in [2.75, 3.05) is 32.8 Å². The second-order valence-corrected chi connectivity index (χ2v) is 16.5. The third-order valence-corrected chi connectivity index (χ3v) is 11.3. The molecule has 0 aliphatic carbocycles. The number of carbonyl (C=O) groups is 2. The summed E-state index contributed by atoms with van der Waals surface area (Å²) in [6, 6.07) is 0. The third kappa shape index (κ3) is 34.9. The molecule has 0 heterocycles. The second kappa shape index (κ2) is 42.6. The van der Waals surface area contributed by atoms with Crippen LogP contribution in [0.2, 0.25) is 0 Å². The molecular weight excluding hydrogens is 667 g/mol. The van der Waals surface area contributed by atoms with E-state index in [9.17, 15) is 9.59 Å². The molecule has 0 aromatic rings. The monoisotopic (exact) mass is 760 g/mol. The van der Waals surface area contributed by atoms with Crippen molar-refractivity contribution in [1.82, 2.24) is 4.90 Å². The van der Waals surface area contributed by atoms with E-state index in [4.69, 9.17) is 15.9 Å². The van der Waals surface area contributed by atoms with Gasteiger partial charge in [0.2, 0.25) is 0 Å². The molecule has 318 valence electrons. The van der Waals surface area contributed by atoms with Crippen molar-refractivity contribution in [3.05, 3.63) is 0 Å². The maximum absolute atomic E-state index is 13.0. The summed E-state index contributed by atoms with van der Waals surface area (Å²) in [5, 5.41) is 0. The summed E-state index contributed by atoms with van der Waals surface area (Å²) in [5.41, 5.74) is 0. The Kier molecular flexibility index (Phi) is 41.4. The predicted molar refractivity (Wildman–Crippen MR) is 234 cm³/mol. The number of hydrogen-bond donors (Lipinski definition) is 0. The van der Waals surface area contributed by atoms with Gasteiger partial charge in [0.15, 0.2) is 0 Å². The molecule has 0 amide bonds. The number of nitrogens with zero attached hydrogens (tertiary/aromatic N) is 1. The number of carbonyl (C=O) groups excluding carboxylic acids is 2. The highest BCUT2D eigenvalue weighted by Crippen LogP contribution is 2.22. The Morgan fingerprint density at radius 2 is 0.722 bits per heavy atom. The van der Waals surface area contributed by atoms with Crippen molar-refractivity contribution in [2.24, 2.45) is 11.8 Å². The van der Waals surface area contributed by atoms with E-state index >= 15 is 0 Å². The van der Waals surface area contributed by atoms with Gasteiger partial charge >= 0.3 is 11.9 Å². The lowest BCUT2D eigenvalue weighted by molar-refractivity contribution is -0.150. The molecule has 0 aromatic carbocycles. The summed E-state index contributed by atoms with van der Waals surface area (Å²) in [6.07, 6.45) is 45.3. The van der Waals surface area contributed by atoms with Gasteiger partial charge in [0.05, 0.1) is 25.0 Å². The molecule has 0 aromatic heterocycles. The Hall–Kier alpha value is -1.54. The summed E-state index contributed by atoms with van der Waals surface area (Å²) >= 11 is 0. The molecule has 0 saturated heterocycles. The van der Waals surface area contributed by atoms with E-state index in [1.807, 2.05) is 0 Å². The number of hydrogen-bond acceptors (Lipinski definition) is 5. The van der Waals surface area contributed by atoms with Crippen LogP contribution in [0.4, 0.5) is 0 Å². The van der Waals surface area contributed by atoms with E-state index in [-0.39, 0.29) is 23.8 Å². The first-order valence-electron chi connectivity index (χ1n) is 24.0. The molecule has 2 unspecified atom stereocenters. The standard InChI is InChI=1S/C49H93NO4/c1-6-11-16-20-22-30-39-46(37-28-18-13-8-3)48(51)53-44-35-26-24-33-42-50(41-32-15-10-5)43-34-25-27-36-45-54-49(52)47(38-29-19-14-9-4)40-31-23-21-17-12-7-2/h5,46-47H,6-9,11-45H2,1-4H3. The van der Waals surface area contributed by atoms with Crippen molar-refractivity contribution < 1.29 is 19.1 Å². The van der Waals surface area contributed by atoms with E-state index in [0.717, 1.165) is 110 Å². The van der Waals surface area contributed by atoms with Gasteiger partial charge in [-0.2, -0.15) is 0 Å². The topological polar surface area (TPSA) is 55.8 Å². The van der Waals surface area contributed by atoms with E-state index in [1.165, 1.54) is 128 Å². The maximum Gasteiger partial charge on any atom is 0.308 e. The van der Waals surface area contributed by atoms with Gasteiger partial charge in [-0.3, -0.25) is 9.59 Å². The molecule has 0 rings (SSSR count). The minimum absolute atomic E-state index is 0.0587. The van der Waals surface area contributed by atoms with Crippen LogP contribution in [0.15, 0.2) is 0 Å². The first-order valence-corrected chi connectivity index (χ1v) is 24.0. The molecule has 0 N–H and O–H groups in total. The molecule has 5 nitrogen and oxygen atoms in total. The summed E-state index contributed by atoms with van der Waals surface area (Å²) in [7, 11) is 0. The van der Waals surface area contributed by atoms with Crippen LogP contribution in [0.1, 0.15) is 246 Å². The largest absolute Gasteiger partial charge is 0.465 e. The highest BCUT2D eigenvalue weighted by atomic mass is 16.5.